The number of carbonyl (C=O) groups is 1. The van der Waals surface area contributed by atoms with E-state index in [0.29, 0.717) is 29.9 Å². The Balaban J connectivity index is 1.50. The highest BCUT2D eigenvalue weighted by Gasteiger charge is 2.21. The van der Waals surface area contributed by atoms with Crippen LogP contribution in [0.5, 0.6) is 5.75 Å². The van der Waals surface area contributed by atoms with Gasteiger partial charge in [0, 0.05) is 30.6 Å². The molecule has 0 aliphatic heterocycles. The summed E-state index contributed by atoms with van der Waals surface area (Å²) in [7, 11) is 3.78. The predicted octanol–water partition coefficient (Wildman–Crippen LogP) is 2.11. The molecule has 10 nitrogen and oxygen atoms in total. The molecule has 170 valence electrons. The molecule has 0 unspecified atom stereocenters. The third-order valence-corrected chi connectivity index (χ3v) is 5.17. The van der Waals surface area contributed by atoms with Gasteiger partial charge in [0.25, 0.3) is 10.9 Å². The summed E-state index contributed by atoms with van der Waals surface area (Å²) in [5.74, 6) is 0.358. The highest BCUT2D eigenvalue weighted by molar-refractivity contribution is 6.01. The summed E-state index contributed by atoms with van der Waals surface area (Å²) >= 11 is 0. The summed E-state index contributed by atoms with van der Waals surface area (Å²) in [5, 5.41) is 26.0. The van der Waals surface area contributed by atoms with Gasteiger partial charge >= 0.3 is 0 Å². The van der Waals surface area contributed by atoms with E-state index in [2.05, 4.69) is 26.1 Å². The quantitative estimate of drug-likeness (QED) is 0.245. The van der Waals surface area contributed by atoms with E-state index in [1.807, 2.05) is 19.0 Å². The zero-order chi connectivity index (χ0) is 23.5. The van der Waals surface area contributed by atoms with Gasteiger partial charge in [-0.15, -0.1) is 0 Å². The van der Waals surface area contributed by atoms with Crippen LogP contribution in [0.2, 0.25) is 0 Å². The number of rotatable bonds is 9. The lowest BCUT2D eigenvalue weighted by Gasteiger charge is -2.15. The molecule has 1 amide bonds. The number of hydrogen-bond donors (Lipinski definition) is 5. The first-order valence-electron chi connectivity index (χ1n) is 10.4. The number of phenolic OH excluding ortho intramolecular Hbond substituents is 1. The van der Waals surface area contributed by atoms with E-state index < -0.39 is 10.9 Å². The first-order chi connectivity index (χ1) is 15.8. The summed E-state index contributed by atoms with van der Waals surface area (Å²) in [6, 6.07) is 11.9. The number of carbonyl (C=O) groups excluding carboxylic acids is 1. The first-order valence-corrected chi connectivity index (χ1v) is 10.4. The van der Waals surface area contributed by atoms with E-state index >= 15 is 0 Å². The van der Waals surface area contributed by atoms with Crippen molar-refractivity contribution < 1.29 is 9.90 Å². The van der Waals surface area contributed by atoms with Crippen molar-refractivity contribution >= 4 is 39.7 Å². The minimum atomic E-state index is -0.613. The average molecular weight is 448 g/mol. The summed E-state index contributed by atoms with van der Waals surface area (Å²) in [5.41, 5.74) is 1.19. The Morgan fingerprint density at radius 2 is 1.88 bits per heavy atom. The summed E-state index contributed by atoms with van der Waals surface area (Å²) in [4.78, 5) is 38.4. The molecule has 0 aliphatic carbocycles. The highest BCUT2D eigenvalue weighted by atomic mass is 16.3. The van der Waals surface area contributed by atoms with E-state index in [1.54, 1.807) is 42.5 Å². The Morgan fingerprint density at radius 3 is 2.64 bits per heavy atom. The van der Waals surface area contributed by atoms with Crippen molar-refractivity contribution in [3.05, 3.63) is 68.5 Å². The number of nitrogens with one attached hydrogen (secondary N) is 4. The fourth-order valence-electron chi connectivity index (χ4n) is 3.39. The molecule has 33 heavy (non-hydrogen) atoms. The molecule has 1 heterocycles. The van der Waals surface area contributed by atoms with E-state index in [9.17, 15) is 19.5 Å². The van der Waals surface area contributed by atoms with E-state index in [4.69, 9.17) is 0 Å². The maximum atomic E-state index is 12.2. The molecular weight excluding hydrogens is 424 g/mol. The molecule has 3 aromatic carbocycles. The Morgan fingerprint density at radius 1 is 1.09 bits per heavy atom. The average Bonchev–Trinajstić information content (AvgIpc) is 3.18. The van der Waals surface area contributed by atoms with E-state index in [0.717, 1.165) is 11.1 Å². The molecule has 0 bridgehead atoms. The monoisotopic (exact) mass is 448 g/mol. The van der Waals surface area contributed by atoms with Crippen molar-refractivity contribution in [2.75, 3.05) is 36.6 Å². The van der Waals surface area contributed by atoms with Gasteiger partial charge in [0.15, 0.2) is 5.82 Å². The number of nitrogens with zero attached hydrogens (tertiary/aromatic N) is 2. The lowest BCUT2D eigenvalue weighted by molar-refractivity contribution is -0.116. The van der Waals surface area contributed by atoms with Crippen molar-refractivity contribution in [1.82, 2.24) is 15.1 Å². The standard InChI is InChI=1S/C23H24N6O4/c1-29(2)9-8-18(31)26-23-16-11-14(6-7-17(16)27-28-23)25-20-19(21(32)22(20)33)24-12-13-4-3-5-15(30)10-13/h3-7,10-11,24-25,30H,8-9,12H2,1-2H3,(H2,26,27,28,31). The third-order valence-electron chi connectivity index (χ3n) is 5.17. The number of aromatic hydroxyl groups is 1. The molecule has 4 rings (SSSR count). The third kappa shape index (κ3) is 4.85. The Hall–Kier alpha value is -4.18. The van der Waals surface area contributed by atoms with E-state index in [1.165, 1.54) is 0 Å². The number of benzene rings is 2. The zero-order valence-electron chi connectivity index (χ0n) is 18.2. The molecule has 0 aliphatic rings. The SMILES string of the molecule is CN(C)CCC(=O)Nc1n[nH]c2ccc(Nc3c(NCc4cccc(O)c4)c(=O)c3=O)cc12. The predicted molar refractivity (Wildman–Crippen MR) is 128 cm³/mol. The van der Waals surface area contributed by atoms with Crippen LogP contribution < -0.4 is 26.8 Å². The van der Waals surface area contributed by atoms with Crippen LogP contribution in [0.4, 0.5) is 22.9 Å². The molecule has 10 heteroatoms. The fraction of sp³-hybridized carbons (Fsp3) is 0.217. The molecule has 0 saturated heterocycles. The van der Waals surface area contributed by atoms with Crippen LogP contribution in [-0.2, 0) is 11.3 Å². The van der Waals surface area contributed by atoms with Crippen molar-refractivity contribution in [2.45, 2.75) is 13.0 Å². The number of aromatic amines is 1. The maximum absolute atomic E-state index is 12.2. The van der Waals surface area contributed by atoms with Gasteiger partial charge in [0.2, 0.25) is 5.91 Å². The Labute approximate surface area is 188 Å². The van der Waals surface area contributed by atoms with Gasteiger partial charge in [-0.25, -0.2) is 0 Å². The van der Waals surface area contributed by atoms with Gasteiger partial charge in [0.05, 0.1) is 5.52 Å². The molecular formula is C23H24N6O4. The smallest absolute Gasteiger partial charge is 0.253 e. The normalized spacial score (nSPS) is 11.2. The lowest BCUT2D eigenvalue weighted by atomic mass is 10.1. The molecule has 0 radical (unpaired) electrons. The molecule has 5 N–H and O–H groups in total. The van der Waals surface area contributed by atoms with Gasteiger partial charge in [-0.2, -0.15) is 5.10 Å². The van der Waals surface area contributed by atoms with Gasteiger partial charge in [-0.3, -0.25) is 19.5 Å². The second-order valence-electron chi connectivity index (χ2n) is 7.99. The minimum absolute atomic E-state index is 0.121. The van der Waals surface area contributed by atoms with Gasteiger partial charge in [-0.05, 0) is 50.0 Å². The Kier molecular flexibility index (Phi) is 6.09. The molecule has 0 spiro atoms. The van der Waals surface area contributed by atoms with Crippen molar-refractivity contribution in [2.24, 2.45) is 0 Å². The molecule has 0 fully saturated rings. The number of amides is 1. The largest absolute Gasteiger partial charge is 0.508 e. The number of H-pyrrole nitrogens is 1. The maximum Gasteiger partial charge on any atom is 0.253 e. The zero-order valence-corrected chi connectivity index (χ0v) is 18.2. The lowest BCUT2D eigenvalue weighted by Crippen LogP contribution is -2.36. The number of hydrogen-bond acceptors (Lipinski definition) is 8. The van der Waals surface area contributed by atoms with Crippen LogP contribution in [0, 0.1) is 0 Å². The highest BCUT2D eigenvalue weighted by Crippen LogP contribution is 2.27. The van der Waals surface area contributed by atoms with Crippen LogP contribution in [0.3, 0.4) is 0 Å². The number of aromatic nitrogens is 2. The van der Waals surface area contributed by atoms with Crippen LogP contribution in [-0.4, -0.2) is 46.8 Å². The Bertz CT molecular complexity index is 1380. The molecule has 0 saturated carbocycles. The second kappa shape index (κ2) is 9.13. The number of fused-ring (bicyclic) bond motifs is 1. The summed E-state index contributed by atoms with van der Waals surface area (Å²) < 4.78 is 0. The van der Waals surface area contributed by atoms with Crippen molar-refractivity contribution in [3.63, 3.8) is 0 Å². The minimum Gasteiger partial charge on any atom is -0.508 e. The van der Waals surface area contributed by atoms with Crippen molar-refractivity contribution in [1.29, 1.82) is 0 Å². The second-order valence-corrected chi connectivity index (χ2v) is 7.99. The van der Waals surface area contributed by atoms with Gasteiger partial charge < -0.3 is 26.0 Å². The van der Waals surface area contributed by atoms with Gasteiger partial charge in [-0.1, -0.05) is 12.1 Å². The van der Waals surface area contributed by atoms with Crippen LogP contribution >= 0.6 is 0 Å². The molecule has 4 aromatic rings. The van der Waals surface area contributed by atoms with Crippen LogP contribution in [0.25, 0.3) is 10.9 Å². The number of anilines is 4. The molecule has 0 atom stereocenters. The summed E-state index contributed by atoms with van der Waals surface area (Å²) in [6.45, 7) is 0.890. The van der Waals surface area contributed by atoms with Crippen LogP contribution in [0.1, 0.15) is 12.0 Å². The number of phenols is 1. The molecule has 1 aromatic heterocycles. The topological polar surface area (TPSA) is 139 Å². The first kappa shape index (κ1) is 22.0. The fourth-order valence-corrected chi connectivity index (χ4v) is 3.39. The van der Waals surface area contributed by atoms with Crippen LogP contribution in [0.15, 0.2) is 52.1 Å². The van der Waals surface area contributed by atoms with E-state index in [-0.39, 0.29) is 29.6 Å². The van der Waals surface area contributed by atoms with Crippen molar-refractivity contribution in [3.8, 4) is 5.75 Å². The van der Waals surface area contributed by atoms with Gasteiger partial charge in [0.1, 0.15) is 17.1 Å². The summed E-state index contributed by atoms with van der Waals surface area (Å²) in [6.07, 6.45) is 0.330.